The molecule has 0 bridgehead atoms. The molecular formula is C15H20ClN3O2. The number of piperidine rings is 1. The Bertz CT molecular complexity index is 535. The number of halogens is 1. The minimum absolute atomic E-state index is 0.119. The van der Waals surface area contributed by atoms with Crippen molar-refractivity contribution in [2.24, 2.45) is 11.7 Å². The summed E-state index contributed by atoms with van der Waals surface area (Å²) in [5, 5.41) is 3.32. The van der Waals surface area contributed by atoms with Crippen LogP contribution in [0.25, 0.3) is 0 Å². The zero-order valence-electron chi connectivity index (χ0n) is 12.0. The van der Waals surface area contributed by atoms with E-state index in [2.05, 4.69) is 5.32 Å². The molecule has 1 heterocycles. The van der Waals surface area contributed by atoms with Gasteiger partial charge in [-0.1, -0.05) is 30.7 Å². The maximum absolute atomic E-state index is 12.5. The molecule has 2 atom stereocenters. The third-order valence-electron chi connectivity index (χ3n) is 3.70. The van der Waals surface area contributed by atoms with Crippen molar-refractivity contribution in [2.45, 2.75) is 25.8 Å². The molecule has 3 N–H and O–H groups in total. The van der Waals surface area contributed by atoms with Crippen LogP contribution in [0.15, 0.2) is 24.3 Å². The highest BCUT2D eigenvalue weighted by molar-refractivity contribution is 6.33. The zero-order valence-corrected chi connectivity index (χ0v) is 12.8. The summed E-state index contributed by atoms with van der Waals surface area (Å²) in [6.07, 6.45) is 1.46. The van der Waals surface area contributed by atoms with Gasteiger partial charge in [-0.15, -0.1) is 0 Å². The molecule has 1 aliphatic heterocycles. The lowest BCUT2D eigenvalue weighted by molar-refractivity contribution is -0.130. The normalized spacial score (nSPS) is 20.2. The molecule has 1 aromatic carbocycles. The lowest BCUT2D eigenvalue weighted by Crippen LogP contribution is -2.53. The van der Waals surface area contributed by atoms with Crippen LogP contribution in [0.4, 0.5) is 5.69 Å². The lowest BCUT2D eigenvalue weighted by Gasteiger charge is -2.33. The molecule has 1 aliphatic rings. The van der Waals surface area contributed by atoms with Gasteiger partial charge in [0.05, 0.1) is 10.7 Å². The summed E-state index contributed by atoms with van der Waals surface area (Å²) in [7, 11) is 0. The third-order valence-corrected chi connectivity index (χ3v) is 4.02. The van der Waals surface area contributed by atoms with E-state index in [1.165, 1.54) is 0 Å². The molecule has 5 nitrogen and oxygen atoms in total. The molecule has 2 unspecified atom stereocenters. The first-order chi connectivity index (χ1) is 10.0. The summed E-state index contributed by atoms with van der Waals surface area (Å²) in [5.41, 5.74) is 6.17. The SMILES string of the molecule is CC(CN)C(=O)NC1CCCN(c2ccccc2Cl)C1=O. The highest BCUT2D eigenvalue weighted by Gasteiger charge is 2.32. The van der Waals surface area contributed by atoms with E-state index in [-0.39, 0.29) is 24.3 Å². The average molecular weight is 310 g/mol. The Hall–Kier alpha value is -1.59. The van der Waals surface area contributed by atoms with E-state index in [4.69, 9.17) is 17.3 Å². The third kappa shape index (κ3) is 3.54. The molecule has 1 aromatic rings. The number of carbonyl (C=O) groups is 2. The first kappa shape index (κ1) is 15.8. The standard InChI is InChI=1S/C15H20ClN3O2/c1-10(9-17)14(20)18-12-6-4-8-19(15(12)21)13-7-3-2-5-11(13)16/h2-3,5,7,10,12H,4,6,8-9,17H2,1H3,(H,18,20). The fourth-order valence-corrected chi connectivity index (χ4v) is 2.58. The maximum atomic E-state index is 12.5. The van der Waals surface area contributed by atoms with Crippen molar-refractivity contribution in [1.29, 1.82) is 0 Å². The Balaban J connectivity index is 2.12. The average Bonchev–Trinajstić information content (AvgIpc) is 2.49. The van der Waals surface area contributed by atoms with Crippen LogP contribution >= 0.6 is 11.6 Å². The van der Waals surface area contributed by atoms with Crippen molar-refractivity contribution in [1.82, 2.24) is 5.32 Å². The second-order valence-electron chi connectivity index (χ2n) is 5.28. The molecule has 2 rings (SSSR count). The molecule has 0 radical (unpaired) electrons. The van der Waals surface area contributed by atoms with Gasteiger partial charge in [-0.3, -0.25) is 9.59 Å². The Kier molecular flexibility index (Phi) is 5.20. The predicted octanol–water partition coefficient (Wildman–Crippen LogP) is 1.55. The summed E-state index contributed by atoms with van der Waals surface area (Å²) in [5.74, 6) is -0.600. The van der Waals surface area contributed by atoms with Gasteiger partial charge in [-0.25, -0.2) is 0 Å². The van der Waals surface area contributed by atoms with Gasteiger partial charge in [0.1, 0.15) is 6.04 Å². The van der Waals surface area contributed by atoms with Crippen LogP contribution in [-0.4, -0.2) is 30.9 Å². The van der Waals surface area contributed by atoms with Gasteiger partial charge in [0.15, 0.2) is 0 Å². The largest absolute Gasteiger partial charge is 0.344 e. The van der Waals surface area contributed by atoms with Gasteiger partial charge in [-0.05, 0) is 25.0 Å². The second kappa shape index (κ2) is 6.91. The Morgan fingerprint density at radius 1 is 1.52 bits per heavy atom. The summed E-state index contributed by atoms with van der Waals surface area (Å²) < 4.78 is 0. The Labute approximate surface area is 129 Å². The summed E-state index contributed by atoms with van der Waals surface area (Å²) >= 11 is 6.15. The van der Waals surface area contributed by atoms with E-state index in [0.29, 0.717) is 23.7 Å². The molecule has 0 saturated carbocycles. The summed E-state index contributed by atoms with van der Waals surface area (Å²) in [4.78, 5) is 26.1. The first-order valence-corrected chi connectivity index (χ1v) is 7.48. The van der Waals surface area contributed by atoms with Crippen LogP contribution in [0.3, 0.4) is 0 Å². The van der Waals surface area contributed by atoms with Gasteiger partial charge in [0.2, 0.25) is 11.8 Å². The van der Waals surface area contributed by atoms with Crippen LogP contribution in [0.2, 0.25) is 5.02 Å². The van der Waals surface area contributed by atoms with Crippen LogP contribution in [0.1, 0.15) is 19.8 Å². The number of nitrogens with one attached hydrogen (secondary N) is 1. The molecule has 114 valence electrons. The Morgan fingerprint density at radius 3 is 2.90 bits per heavy atom. The van der Waals surface area contributed by atoms with E-state index < -0.39 is 6.04 Å². The first-order valence-electron chi connectivity index (χ1n) is 7.11. The fraction of sp³-hybridized carbons (Fsp3) is 0.467. The predicted molar refractivity (Wildman–Crippen MR) is 83.2 cm³/mol. The van der Waals surface area contributed by atoms with E-state index in [9.17, 15) is 9.59 Å². The topological polar surface area (TPSA) is 75.4 Å². The molecule has 6 heteroatoms. The number of hydrogen-bond donors (Lipinski definition) is 2. The zero-order chi connectivity index (χ0) is 15.4. The second-order valence-corrected chi connectivity index (χ2v) is 5.69. The van der Waals surface area contributed by atoms with Crippen molar-refractivity contribution in [3.8, 4) is 0 Å². The van der Waals surface area contributed by atoms with Crippen molar-refractivity contribution in [2.75, 3.05) is 18.0 Å². The maximum Gasteiger partial charge on any atom is 0.249 e. The number of rotatable bonds is 4. The van der Waals surface area contributed by atoms with Crippen LogP contribution in [-0.2, 0) is 9.59 Å². The minimum Gasteiger partial charge on any atom is -0.344 e. The number of nitrogens with two attached hydrogens (primary N) is 1. The molecule has 0 aromatic heterocycles. The van der Waals surface area contributed by atoms with Gasteiger partial charge < -0.3 is 16.0 Å². The monoisotopic (exact) mass is 309 g/mol. The number of anilines is 1. The Morgan fingerprint density at radius 2 is 2.24 bits per heavy atom. The van der Waals surface area contributed by atoms with Crippen molar-refractivity contribution in [3.63, 3.8) is 0 Å². The smallest absolute Gasteiger partial charge is 0.249 e. The van der Waals surface area contributed by atoms with Gasteiger partial charge in [-0.2, -0.15) is 0 Å². The number of amides is 2. The molecule has 0 aliphatic carbocycles. The number of nitrogens with zero attached hydrogens (tertiary/aromatic N) is 1. The van der Waals surface area contributed by atoms with Crippen LogP contribution < -0.4 is 16.0 Å². The highest BCUT2D eigenvalue weighted by atomic mass is 35.5. The quantitative estimate of drug-likeness (QED) is 0.886. The molecule has 21 heavy (non-hydrogen) atoms. The van der Waals surface area contributed by atoms with Gasteiger partial charge in [0, 0.05) is 19.0 Å². The summed E-state index contributed by atoms with van der Waals surface area (Å²) in [6.45, 7) is 2.62. The molecule has 0 spiro atoms. The molecular weight excluding hydrogens is 290 g/mol. The minimum atomic E-state index is -0.503. The number of carbonyl (C=O) groups excluding carboxylic acids is 2. The van der Waals surface area contributed by atoms with E-state index >= 15 is 0 Å². The van der Waals surface area contributed by atoms with Crippen molar-refractivity contribution >= 4 is 29.1 Å². The number of para-hydroxylation sites is 1. The van der Waals surface area contributed by atoms with Gasteiger partial charge in [0.25, 0.3) is 0 Å². The van der Waals surface area contributed by atoms with E-state index in [1.807, 2.05) is 18.2 Å². The van der Waals surface area contributed by atoms with E-state index in [1.54, 1.807) is 17.9 Å². The highest BCUT2D eigenvalue weighted by Crippen LogP contribution is 2.28. The number of benzene rings is 1. The van der Waals surface area contributed by atoms with E-state index in [0.717, 1.165) is 6.42 Å². The van der Waals surface area contributed by atoms with Crippen molar-refractivity contribution < 1.29 is 9.59 Å². The molecule has 2 amide bonds. The number of hydrogen-bond acceptors (Lipinski definition) is 3. The van der Waals surface area contributed by atoms with Crippen LogP contribution in [0.5, 0.6) is 0 Å². The lowest BCUT2D eigenvalue weighted by atomic mass is 10.0. The van der Waals surface area contributed by atoms with Gasteiger partial charge >= 0.3 is 0 Å². The summed E-state index contributed by atoms with van der Waals surface area (Å²) in [6, 6.07) is 6.72. The fourth-order valence-electron chi connectivity index (χ4n) is 2.34. The molecule has 1 fully saturated rings. The van der Waals surface area contributed by atoms with Crippen LogP contribution in [0, 0.1) is 5.92 Å². The molecule has 1 saturated heterocycles. The van der Waals surface area contributed by atoms with Crippen molar-refractivity contribution in [3.05, 3.63) is 29.3 Å².